The van der Waals surface area contributed by atoms with E-state index in [2.05, 4.69) is 5.32 Å². The van der Waals surface area contributed by atoms with Gasteiger partial charge in [0.2, 0.25) is 5.91 Å². The molecule has 4 aliphatic rings. The van der Waals surface area contributed by atoms with E-state index in [1.165, 1.54) is 0 Å². The first-order valence-corrected chi connectivity index (χ1v) is 11.2. The first-order valence-electron chi connectivity index (χ1n) is 11.2. The number of hydrogen-bond donors (Lipinski definition) is 1. The van der Waals surface area contributed by atoms with Crippen molar-refractivity contribution in [3.8, 4) is 5.75 Å². The van der Waals surface area contributed by atoms with E-state index in [1.54, 1.807) is 24.3 Å². The Morgan fingerprint density at radius 3 is 2.75 bits per heavy atom. The standard InChI is InChI=1S/C24H26F3NO4/c25-24(26,27)16-5-6-18-15(12-23(7-2-8-23)32-20(18)11-16)10-21(30)28-19-4-1-3-14-9-17(29)13-31-22(14)19/h1,3-4,10,16,18,20H,2,5-9,11-13H2,(H,28,30)/b15-10+. The van der Waals surface area contributed by atoms with Gasteiger partial charge in [-0.25, -0.2) is 0 Å². The van der Waals surface area contributed by atoms with Gasteiger partial charge in [0.1, 0.15) is 12.4 Å². The predicted molar refractivity (Wildman–Crippen MR) is 110 cm³/mol. The third kappa shape index (κ3) is 4.05. The topological polar surface area (TPSA) is 64.6 Å². The van der Waals surface area contributed by atoms with Gasteiger partial charge in [0, 0.05) is 24.0 Å². The summed E-state index contributed by atoms with van der Waals surface area (Å²) in [4.78, 5) is 24.5. The van der Waals surface area contributed by atoms with Crippen LogP contribution in [0.1, 0.15) is 50.5 Å². The average Bonchev–Trinajstić information content (AvgIpc) is 2.71. The molecule has 3 unspecified atom stereocenters. The van der Waals surface area contributed by atoms with Crippen molar-refractivity contribution >= 4 is 17.4 Å². The zero-order valence-corrected chi connectivity index (χ0v) is 17.7. The van der Waals surface area contributed by atoms with E-state index >= 15 is 0 Å². The van der Waals surface area contributed by atoms with Gasteiger partial charge in [0.25, 0.3) is 0 Å². The van der Waals surface area contributed by atoms with Crippen molar-refractivity contribution in [2.24, 2.45) is 11.8 Å². The van der Waals surface area contributed by atoms with Gasteiger partial charge in [-0.3, -0.25) is 9.59 Å². The quantitative estimate of drug-likeness (QED) is 0.662. The summed E-state index contributed by atoms with van der Waals surface area (Å²) in [5.74, 6) is -1.35. The van der Waals surface area contributed by atoms with Gasteiger partial charge in [0.15, 0.2) is 5.78 Å². The molecule has 3 atom stereocenters. The van der Waals surface area contributed by atoms with Crippen LogP contribution in [0, 0.1) is 11.8 Å². The molecule has 32 heavy (non-hydrogen) atoms. The number of benzene rings is 1. The summed E-state index contributed by atoms with van der Waals surface area (Å²) in [6.07, 6.45) is 0.732. The minimum absolute atomic E-state index is 0.0170. The Hall–Kier alpha value is -2.35. The molecule has 2 aliphatic heterocycles. The molecule has 0 bridgehead atoms. The lowest BCUT2D eigenvalue weighted by molar-refractivity contribution is -0.227. The maximum atomic E-state index is 13.3. The first-order chi connectivity index (χ1) is 15.2. The Kier molecular flexibility index (Phi) is 5.31. The Morgan fingerprint density at radius 1 is 1.22 bits per heavy atom. The highest BCUT2D eigenvalue weighted by Crippen LogP contribution is 2.53. The van der Waals surface area contributed by atoms with E-state index in [0.717, 1.165) is 30.4 Å². The molecule has 1 amide bonds. The maximum Gasteiger partial charge on any atom is 0.391 e. The number of nitrogens with one attached hydrogen (secondary N) is 1. The van der Waals surface area contributed by atoms with E-state index in [-0.39, 0.29) is 43.5 Å². The molecular formula is C24H26F3NO4. The van der Waals surface area contributed by atoms with E-state index in [1.807, 2.05) is 0 Å². The number of carbonyl (C=O) groups is 2. The van der Waals surface area contributed by atoms with Crippen LogP contribution in [0.25, 0.3) is 0 Å². The number of para-hydroxylation sites is 1. The van der Waals surface area contributed by atoms with Gasteiger partial charge in [0.05, 0.1) is 23.3 Å². The summed E-state index contributed by atoms with van der Waals surface area (Å²) in [5, 5.41) is 2.85. The summed E-state index contributed by atoms with van der Waals surface area (Å²) < 4.78 is 51.8. The van der Waals surface area contributed by atoms with Crippen LogP contribution in [0.15, 0.2) is 29.8 Å². The average molecular weight is 449 g/mol. The van der Waals surface area contributed by atoms with Crippen molar-refractivity contribution in [3.63, 3.8) is 0 Å². The minimum atomic E-state index is -4.21. The van der Waals surface area contributed by atoms with Crippen molar-refractivity contribution in [3.05, 3.63) is 35.4 Å². The number of carbonyl (C=O) groups excluding carboxylic acids is 2. The summed E-state index contributed by atoms with van der Waals surface area (Å²) in [5.41, 5.74) is 1.70. The Labute approximate surface area is 184 Å². The number of ketones is 1. The van der Waals surface area contributed by atoms with Gasteiger partial charge in [-0.1, -0.05) is 17.7 Å². The van der Waals surface area contributed by atoms with Gasteiger partial charge in [-0.15, -0.1) is 0 Å². The molecule has 1 saturated heterocycles. The molecule has 1 N–H and O–H groups in total. The Balaban J connectivity index is 1.36. The smallest absolute Gasteiger partial charge is 0.391 e. The van der Waals surface area contributed by atoms with E-state index in [0.29, 0.717) is 24.3 Å². The van der Waals surface area contributed by atoms with E-state index < -0.39 is 23.8 Å². The molecule has 1 spiro atoms. The van der Waals surface area contributed by atoms with Crippen LogP contribution >= 0.6 is 0 Å². The summed E-state index contributed by atoms with van der Waals surface area (Å²) in [6, 6.07) is 5.28. The van der Waals surface area contributed by atoms with Crippen LogP contribution in [0.2, 0.25) is 0 Å². The molecule has 8 heteroatoms. The molecule has 5 rings (SSSR count). The minimum Gasteiger partial charge on any atom is -0.483 e. The van der Waals surface area contributed by atoms with E-state index in [4.69, 9.17) is 9.47 Å². The highest BCUT2D eigenvalue weighted by molar-refractivity contribution is 6.01. The molecular weight excluding hydrogens is 423 g/mol. The molecule has 2 saturated carbocycles. The van der Waals surface area contributed by atoms with Crippen LogP contribution in [0.4, 0.5) is 18.9 Å². The monoisotopic (exact) mass is 449 g/mol. The second-order valence-corrected chi connectivity index (χ2v) is 9.53. The summed E-state index contributed by atoms with van der Waals surface area (Å²) in [7, 11) is 0. The molecule has 2 aliphatic carbocycles. The van der Waals surface area contributed by atoms with E-state index in [9.17, 15) is 22.8 Å². The van der Waals surface area contributed by atoms with Gasteiger partial charge in [-0.05, 0) is 51.0 Å². The highest BCUT2D eigenvalue weighted by Gasteiger charge is 2.53. The number of anilines is 1. The fraction of sp³-hybridized carbons (Fsp3) is 0.583. The zero-order valence-electron chi connectivity index (χ0n) is 17.7. The van der Waals surface area contributed by atoms with Crippen molar-refractivity contribution in [2.45, 2.75) is 69.2 Å². The molecule has 1 aromatic rings. The number of ether oxygens (including phenoxy) is 2. The van der Waals surface area contributed by atoms with Crippen LogP contribution in [0.3, 0.4) is 0 Å². The second-order valence-electron chi connectivity index (χ2n) is 9.53. The molecule has 3 fully saturated rings. The zero-order chi connectivity index (χ0) is 22.5. The van der Waals surface area contributed by atoms with Crippen molar-refractivity contribution in [1.29, 1.82) is 0 Å². The summed E-state index contributed by atoms with van der Waals surface area (Å²) in [6.45, 7) is -0.0229. The fourth-order valence-corrected chi connectivity index (χ4v) is 5.62. The second kappa shape index (κ2) is 7.90. The number of rotatable bonds is 2. The fourth-order valence-electron chi connectivity index (χ4n) is 5.62. The van der Waals surface area contributed by atoms with Gasteiger partial charge in [-0.2, -0.15) is 13.2 Å². The van der Waals surface area contributed by atoms with Crippen LogP contribution < -0.4 is 10.1 Å². The Bertz CT molecular complexity index is 966. The molecule has 0 radical (unpaired) electrons. The molecule has 172 valence electrons. The van der Waals surface area contributed by atoms with Crippen LogP contribution in [-0.4, -0.2) is 36.2 Å². The molecule has 5 nitrogen and oxygen atoms in total. The number of alkyl halides is 3. The van der Waals surface area contributed by atoms with Gasteiger partial charge < -0.3 is 14.8 Å². The normalized spacial score (nSPS) is 30.2. The van der Waals surface area contributed by atoms with Crippen LogP contribution in [0.5, 0.6) is 5.75 Å². The number of fused-ring (bicyclic) bond motifs is 2. The van der Waals surface area contributed by atoms with Crippen molar-refractivity contribution in [2.75, 3.05) is 11.9 Å². The lowest BCUT2D eigenvalue weighted by Gasteiger charge is -2.53. The maximum absolute atomic E-state index is 13.3. The van der Waals surface area contributed by atoms with Crippen LogP contribution in [-0.2, 0) is 20.7 Å². The lowest BCUT2D eigenvalue weighted by atomic mass is 9.66. The predicted octanol–water partition coefficient (Wildman–Crippen LogP) is 4.75. The summed E-state index contributed by atoms with van der Waals surface area (Å²) >= 11 is 0. The first kappa shape index (κ1) is 21.5. The number of amides is 1. The molecule has 0 aromatic heterocycles. The number of Topliss-reactive ketones (excluding diaryl/α,β-unsaturated/α-hetero) is 1. The molecule has 2 heterocycles. The Morgan fingerprint density at radius 2 is 2.03 bits per heavy atom. The third-order valence-corrected chi connectivity index (χ3v) is 7.36. The largest absolute Gasteiger partial charge is 0.483 e. The SMILES string of the molecule is O=C1COc2c(cccc2NC(=O)/C=C2\CC3(CCC3)OC3CC(C(F)(F)F)CCC23)C1. The van der Waals surface area contributed by atoms with Gasteiger partial charge >= 0.3 is 6.18 Å². The van der Waals surface area contributed by atoms with Crippen molar-refractivity contribution < 1.29 is 32.2 Å². The number of hydrogen-bond acceptors (Lipinski definition) is 4. The van der Waals surface area contributed by atoms with Crippen molar-refractivity contribution in [1.82, 2.24) is 0 Å². The molecule has 1 aromatic carbocycles. The lowest BCUT2D eigenvalue weighted by Crippen LogP contribution is -2.53. The third-order valence-electron chi connectivity index (χ3n) is 7.36. The highest BCUT2D eigenvalue weighted by atomic mass is 19.4. The number of halogens is 3.